The van der Waals surface area contributed by atoms with Gasteiger partial charge in [-0.1, -0.05) is 39.0 Å². The second-order valence-electron chi connectivity index (χ2n) is 9.35. The lowest BCUT2D eigenvalue weighted by atomic mass is 9.48. The van der Waals surface area contributed by atoms with E-state index in [-0.39, 0.29) is 29.3 Å². The number of fused-ring (bicyclic) bond motifs is 5. The molecule has 1 N–H and O–H groups in total. The van der Waals surface area contributed by atoms with Crippen molar-refractivity contribution in [1.82, 2.24) is 0 Å². The Hall–Kier alpha value is -0.900. The number of halogens is 2. The highest BCUT2D eigenvalue weighted by molar-refractivity contribution is 6.34. The first kappa shape index (κ1) is 19.4. The summed E-state index contributed by atoms with van der Waals surface area (Å²) in [6.45, 7) is 7.46. The molecule has 4 aliphatic carbocycles. The monoisotopic (exact) mass is 408 g/mol. The normalized spacial score (nSPS) is 53.4. The van der Waals surface area contributed by atoms with Crippen LogP contribution in [0.5, 0.6) is 0 Å². The number of aliphatic hydroxyl groups is 1. The smallest absolute Gasteiger partial charge is 0.178 e. The summed E-state index contributed by atoms with van der Waals surface area (Å²) >= 11 is 14.4. The highest BCUT2D eigenvalue weighted by atomic mass is 35.5. The van der Waals surface area contributed by atoms with Gasteiger partial charge in [0.1, 0.15) is 5.60 Å². The number of carbonyl (C=O) groups excluding carboxylic acids is 2. The number of carbonyl (C=O) groups is 2. The van der Waals surface area contributed by atoms with Gasteiger partial charge in [0, 0.05) is 16.7 Å². The van der Waals surface area contributed by atoms with Gasteiger partial charge in [-0.05, 0) is 49.3 Å². The lowest BCUT2D eigenvalue weighted by molar-refractivity contribution is -0.160. The van der Waals surface area contributed by atoms with Crippen LogP contribution < -0.4 is 0 Å². The van der Waals surface area contributed by atoms with Gasteiger partial charge in [0.25, 0.3) is 0 Å². The Morgan fingerprint density at radius 2 is 1.96 bits per heavy atom. The molecule has 8 atom stereocenters. The fraction of sp³-hybridized carbons (Fsp3) is 0.636. The molecule has 0 aromatic rings. The molecule has 0 radical (unpaired) electrons. The highest BCUT2D eigenvalue weighted by Crippen LogP contribution is 2.71. The lowest BCUT2D eigenvalue weighted by Crippen LogP contribution is -2.66. The van der Waals surface area contributed by atoms with Crippen molar-refractivity contribution in [3.63, 3.8) is 0 Å². The maximum absolute atomic E-state index is 12.5. The van der Waals surface area contributed by atoms with E-state index in [0.717, 1.165) is 12.0 Å². The summed E-state index contributed by atoms with van der Waals surface area (Å²) in [7, 11) is 0. The van der Waals surface area contributed by atoms with Crippen LogP contribution in [0.1, 0.15) is 40.5 Å². The van der Waals surface area contributed by atoms with E-state index in [1.54, 1.807) is 12.2 Å². The van der Waals surface area contributed by atoms with Gasteiger partial charge in [-0.3, -0.25) is 9.59 Å². The zero-order chi connectivity index (χ0) is 20.0. The van der Waals surface area contributed by atoms with Crippen molar-refractivity contribution in [3.05, 3.63) is 36.0 Å². The third-order valence-corrected chi connectivity index (χ3v) is 9.80. The summed E-state index contributed by atoms with van der Waals surface area (Å²) in [6, 6.07) is 0. The van der Waals surface area contributed by atoms with Crippen molar-refractivity contribution in [3.8, 4) is 0 Å². The number of allylic oxidation sites excluding steroid dienone is 6. The predicted octanol–water partition coefficient (Wildman–Crippen LogP) is 4.22. The quantitative estimate of drug-likeness (QED) is 0.660. The Morgan fingerprint density at radius 1 is 1.30 bits per heavy atom. The molecule has 0 bridgehead atoms. The Labute approximate surface area is 170 Å². The van der Waals surface area contributed by atoms with E-state index >= 15 is 0 Å². The number of rotatable bonds is 1. The van der Waals surface area contributed by atoms with Crippen molar-refractivity contribution in [1.29, 1.82) is 0 Å². The molecule has 2 unspecified atom stereocenters. The Morgan fingerprint density at radius 3 is 2.59 bits per heavy atom. The van der Waals surface area contributed by atoms with Crippen molar-refractivity contribution >= 4 is 34.8 Å². The fourth-order valence-electron chi connectivity index (χ4n) is 6.70. The van der Waals surface area contributed by atoms with Crippen LogP contribution in [-0.2, 0) is 9.59 Å². The number of Topliss-reactive ketones (excluding diaryl/α,β-unsaturated/α-hetero) is 1. The largest absolute Gasteiger partial charge is 0.381 e. The van der Waals surface area contributed by atoms with E-state index < -0.39 is 26.7 Å². The summed E-state index contributed by atoms with van der Waals surface area (Å²) in [6.07, 6.45) is 10.3. The molecule has 4 aliphatic rings. The number of hydrogen-bond donors (Lipinski definition) is 1. The first-order chi connectivity index (χ1) is 12.4. The minimum atomic E-state index is -1.40. The molecule has 0 aromatic heterocycles. The lowest BCUT2D eigenvalue weighted by Gasteiger charge is -2.62. The average Bonchev–Trinajstić information content (AvgIpc) is 2.79. The van der Waals surface area contributed by atoms with Crippen molar-refractivity contribution < 1.29 is 14.7 Å². The minimum absolute atomic E-state index is 0.0366. The van der Waals surface area contributed by atoms with Gasteiger partial charge in [-0.25, -0.2) is 0 Å². The Kier molecular flexibility index (Phi) is 4.02. The Balaban J connectivity index is 1.90. The van der Waals surface area contributed by atoms with Gasteiger partial charge in [0.05, 0.1) is 10.3 Å². The highest BCUT2D eigenvalue weighted by Gasteiger charge is 2.73. The van der Waals surface area contributed by atoms with Crippen LogP contribution in [0.15, 0.2) is 36.0 Å². The maximum atomic E-state index is 12.5. The molecule has 5 heteroatoms. The maximum Gasteiger partial charge on any atom is 0.178 e. The van der Waals surface area contributed by atoms with E-state index in [1.807, 2.05) is 32.9 Å². The van der Waals surface area contributed by atoms with Gasteiger partial charge < -0.3 is 5.11 Å². The van der Waals surface area contributed by atoms with Gasteiger partial charge in [-0.2, -0.15) is 0 Å². The molecule has 2 saturated carbocycles. The van der Waals surface area contributed by atoms with Crippen LogP contribution in [0.2, 0.25) is 0 Å². The van der Waals surface area contributed by atoms with Gasteiger partial charge in [0.15, 0.2) is 11.6 Å². The molecule has 0 spiro atoms. The Bertz CT molecular complexity index is 829. The second-order valence-corrected chi connectivity index (χ2v) is 10.5. The van der Waals surface area contributed by atoms with Crippen LogP contribution >= 0.6 is 23.2 Å². The third-order valence-electron chi connectivity index (χ3n) is 8.28. The molecule has 4 rings (SSSR count). The minimum Gasteiger partial charge on any atom is -0.381 e. The topological polar surface area (TPSA) is 54.4 Å². The van der Waals surface area contributed by atoms with Crippen LogP contribution in [0.4, 0.5) is 0 Å². The molecule has 27 heavy (non-hydrogen) atoms. The zero-order valence-electron chi connectivity index (χ0n) is 16.1. The van der Waals surface area contributed by atoms with Crippen LogP contribution in [-0.4, -0.2) is 32.5 Å². The molecular formula is C22H26Cl2O3. The van der Waals surface area contributed by atoms with Gasteiger partial charge >= 0.3 is 0 Å². The third kappa shape index (κ3) is 2.04. The predicted molar refractivity (Wildman–Crippen MR) is 107 cm³/mol. The molecule has 3 nitrogen and oxygen atoms in total. The van der Waals surface area contributed by atoms with Crippen molar-refractivity contribution in [2.45, 2.75) is 56.4 Å². The number of alkyl halides is 2. The molecule has 0 amide bonds. The first-order valence-corrected chi connectivity index (χ1v) is 10.4. The average molecular weight is 409 g/mol. The molecule has 0 saturated heterocycles. The van der Waals surface area contributed by atoms with E-state index in [4.69, 9.17) is 23.2 Å². The van der Waals surface area contributed by atoms with Crippen molar-refractivity contribution in [2.24, 2.45) is 28.6 Å². The molecule has 0 aliphatic heterocycles. The first-order valence-electron chi connectivity index (χ1n) is 9.63. The fourth-order valence-corrected chi connectivity index (χ4v) is 7.86. The standard InChI is InChI=1S/C22H26Cl2O3/c1-12-9-17-16-6-5-14-10-15(26)7-8-19(14,3)21(16,24)18(23)11-20(17,4)22(12,27)13(2)25/h5-8,10,12,16-18,27H,9,11H2,1-4H3/t12?,16-,17-,18?,19-,20-,21-,22-/m0/s1. The summed E-state index contributed by atoms with van der Waals surface area (Å²) in [5.41, 5.74) is -1.73. The number of hydrogen-bond acceptors (Lipinski definition) is 3. The zero-order valence-corrected chi connectivity index (χ0v) is 17.6. The molecule has 0 heterocycles. The summed E-state index contributed by atoms with van der Waals surface area (Å²) < 4.78 is 0. The molecule has 0 aromatic carbocycles. The summed E-state index contributed by atoms with van der Waals surface area (Å²) in [4.78, 5) is 23.6. The van der Waals surface area contributed by atoms with Crippen molar-refractivity contribution in [2.75, 3.05) is 0 Å². The van der Waals surface area contributed by atoms with Gasteiger partial charge in [-0.15, -0.1) is 23.2 Å². The second kappa shape index (κ2) is 5.58. The summed E-state index contributed by atoms with van der Waals surface area (Å²) in [5, 5.41) is 11.0. The van der Waals surface area contributed by atoms with Gasteiger partial charge in [0.2, 0.25) is 0 Å². The molecular weight excluding hydrogens is 383 g/mol. The summed E-state index contributed by atoms with van der Waals surface area (Å²) in [5.74, 6) is -0.459. The number of ketones is 2. The van der Waals surface area contributed by atoms with E-state index in [9.17, 15) is 14.7 Å². The van der Waals surface area contributed by atoms with Crippen LogP contribution in [0, 0.1) is 28.6 Å². The van der Waals surface area contributed by atoms with Crippen LogP contribution in [0.3, 0.4) is 0 Å². The van der Waals surface area contributed by atoms with Crippen LogP contribution in [0.25, 0.3) is 0 Å². The van der Waals surface area contributed by atoms with E-state index in [0.29, 0.717) is 6.42 Å². The van der Waals surface area contributed by atoms with E-state index in [2.05, 4.69) is 6.08 Å². The molecule has 146 valence electrons. The SMILES string of the molecule is CC(=O)[C@@]1(O)C(C)C[C@H]2[C@@H]3C=CC4=CC(=O)C=C[C@]4(C)[C@@]3(Cl)C(Cl)C[C@@]21C. The molecule has 2 fully saturated rings. The van der Waals surface area contributed by atoms with E-state index in [1.165, 1.54) is 6.92 Å².